The summed E-state index contributed by atoms with van der Waals surface area (Å²) >= 11 is 1.43. The third-order valence-corrected chi connectivity index (χ3v) is 6.72. The highest BCUT2D eigenvalue weighted by atomic mass is 32.1. The summed E-state index contributed by atoms with van der Waals surface area (Å²) in [5.41, 5.74) is 2.17. The first kappa shape index (κ1) is 20.5. The van der Waals surface area contributed by atoms with Crippen molar-refractivity contribution in [2.75, 3.05) is 11.5 Å². The van der Waals surface area contributed by atoms with Gasteiger partial charge in [0, 0.05) is 4.88 Å². The van der Waals surface area contributed by atoms with Crippen LogP contribution < -0.4 is 15.1 Å². The lowest BCUT2D eigenvalue weighted by atomic mass is 9.98. The Morgan fingerprint density at radius 1 is 1.12 bits per heavy atom. The predicted molar refractivity (Wildman–Crippen MR) is 125 cm³/mol. The van der Waals surface area contributed by atoms with Crippen LogP contribution in [0.2, 0.25) is 0 Å². The minimum absolute atomic E-state index is 0.0732. The molecule has 2 aromatic heterocycles. The van der Waals surface area contributed by atoms with Gasteiger partial charge in [-0.05, 0) is 50.1 Å². The number of nitrogens with zero attached hydrogens (tertiary/aromatic N) is 2. The zero-order chi connectivity index (χ0) is 22.4. The largest absolute Gasteiger partial charge is 0.494 e. The van der Waals surface area contributed by atoms with Gasteiger partial charge in [-0.1, -0.05) is 31.2 Å². The summed E-state index contributed by atoms with van der Waals surface area (Å²) in [4.78, 5) is 34.4. The number of hydrogen-bond acceptors (Lipinski definition) is 6. The molecule has 3 heterocycles. The second-order valence-electron chi connectivity index (χ2n) is 7.81. The van der Waals surface area contributed by atoms with E-state index in [0.717, 1.165) is 22.6 Å². The fraction of sp³-hybridized carbons (Fsp3) is 0.240. The van der Waals surface area contributed by atoms with Gasteiger partial charge in [-0.25, -0.2) is 4.98 Å². The fourth-order valence-corrected chi connectivity index (χ4v) is 4.92. The lowest BCUT2D eigenvalue weighted by Gasteiger charge is -2.23. The fourth-order valence-electron chi connectivity index (χ4n) is 3.99. The lowest BCUT2D eigenvalue weighted by Crippen LogP contribution is -2.29. The van der Waals surface area contributed by atoms with Crippen LogP contribution in [0.25, 0.3) is 11.0 Å². The topological polar surface area (TPSA) is 72.6 Å². The van der Waals surface area contributed by atoms with Crippen LogP contribution in [0.4, 0.5) is 5.13 Å². The quantitative estimate of drug-likeness (QED) is 0.410. The van der Waals surface area contributed by atoms with Crippen LogP contribution in [-0.4, -0.2) is 17.5 Å². The Balaban J connectivity index is 1.75. The summed E-state index contributed by atoms with van der Waals surface area (Å²) in [6, 6.07) is 13.9. The lowest BCUT2D eigenvalue weighted by molar-refractivity contribution is 0.0971. The van der Waals surface area contributed by atoms with Crippen LogP contribution in [0, 0.1) is 13.8 Å². The minimum Gasteiger partial charge on any atom is -0.494 e. The molecule has 32 heavy (non-hydrogen) atoms. The monoisotopic (exact) mass is 446 g/mol. The maximum atomic E-state index is 13.6. The molecule has 0 fully saturated rings. The molecular formula is C25H22N2O4S. The Labute approximate surface area is 189 Å². The van der Waals surface area contributed by atoms with E-state index in [9.17, 15) is 9.59 Å². The second-order valence-corrected chi connectivity index (χ2v) is 8.99. The zero-order valence-electron chi connectivity index (χ0n) is 18.0. The smallest absolute Gasteiger partial charge is 0.297 e. The number of aromatic nitrogens is 1. The molecule has 4 aromatic rings. The van der Waals surface area contributed by atoms with Gasteiger partial charge in [0.05, 0.1) is 29.3 Å². The number of ether oxygens (including phenoxy) is 1. The summed E-state index contributed by atoms with van der Waals surface area (Å²) in [5, 5.41) is 1.00. The molecule has 0 saturated heterocycles. The van der Waals surface area contributed by atoms with Gasteiger partial charge in [0.25, 0.3) is 5.91 Å². The van der Waals surface area contributed by atoms with Gasteiger partial charge < -0.3 is 9.15 Å². The number of aryl methyl sites for hydroxylation is 2. The molecule has 0 saturated carbocycles. The number of carbonyl (C=O) groups is 1. The van der Waals surface area contributed by atoms with Crippen molar-refractivity contribution < 1.29 is 13.9 Å². The molecule has 6 nitrogen and oxygen atoms in total. The van der Waals surface area contributed by atoms with Gasteiger partial charge >= 0.3 is 0 Å². The number of benzene rings is 2. The van der Waals surface area contributed by atoms with E-state index in [1.165, 1.54) is 11.3 Å². The van der Waals surface area contributed by atoms with E-state index in [4.69, 9.17) is 9.15 Å². The summed E-state index contributed by atoms with van der Waals surface area (Å²) in [5.74, 6) is 0.410. The number of amides is 1. The Hall–Kier alpha value is -3.45. The molecule has 7 heteroatoms. The Bertz CT molecular complexity index is 1390. The molecule has 1 amide bonds. The average Bonchev–Trinajstić information content (AvgIpc) is 3.28. The first-order chi connectivity index (χ1) is 15.5. The van der Waals surface area contributed by atoms with Gasteiger partial charge in [0.1, 0.15) is 11.3 Å². The van der Waals surface area contributed by atoms with Crippen molar-refractivity contribution in [3.8, 4) is 5.75 Å². The van der Waals surface area contributed by atoms with E-state index >= 15 is 0 Å². The van der Waals surface area contributed by atoms with Crippen LogP contribution >= 0.6 is 11.3 Å². The summed E-state index contributed by atoms with van der Waals surface area (Å²) in [6.45, 7) is 6.51. The van der Waals surface area contributed by atoms with Crippen LogP contribution in [0.3, 0.4) is 0 Å². The molecule has 1 aliphatic heterocycles. The molecule has 0 N–H and O–H groups in total. The molecule has 2 aromatic carbocycles. The van der Waals surface area contributed by atoms with Crippen molar-refractivity contribution in [2.45, 2.75) is 33.2 Å². The first-order valence-corrected chi connectivity index (χ1v) is 11.4. The normalized spacial score (nSPS) is 15.4. The van der Waals surface area contributed by atoms with E-state index in [-0.39, 0.29) is 17.1 Å². The van der Waals surface area contributed by atoms with Crippen molar-refractivity contribution in [1.82, 2.24) is 4.98 Å². The van der Waals surface area contributed by atoms with E-state index in [2.05, 4.69) is 4.98 Å². The number of rotatable bonds is 5. The highest BCUT2D eigenvalue weighted by Gasteiger charge is 2.45. The van der Waals surface area contributed by atoms with Crippen molar-refractivity contribution in [3.63, 3.8) is 0 Å². The summed E-state index contributed by atoms with van der Waals surface area (Å²) in [7, 11) is 0. The molecule has 0 unspecified atom stereocenters. The molecule has 162 valence electrons. The third-order valence-electron chi connectivity index (χ3n) is 5.65. The van der Waals surface area contributed by atoms with Crippen molar-refractivity contribution in [3.05, 3.63) is 86.2 Å². The van der Waals surface area contributed by atoms with E-state index < -0.39 is 6.04 Å². The first-order valence-electron chi connectivity index (χ1n) is 10.6. The van der Waals surface area contributed by atoms with Gasteiger partial charge in [-0.15, -0.1) is 11.3 Å². The maximum absolute atomic E-state index is 13.6. The molecule has 5 rings (SSSR count). The number of fused-ring (bicyclic) bond motifs is 2. The molecule has 1 atom stereocenters. The van der Waals surface area contributed by atoms with Crippen molar-refractivity contribution >= 4 is 33.3 Å². The van der Waals surface area contributed by atoms with Gasteiger partial charge in [-0.3, -0.25) is 14.5 Å². The van der Waals surface area contributed by atoms with E-state index in [0.29, 0.717) is 34.0 Å². The summed E-state index contributed by atoms with van der Waals surface area (Å²) < 4.78 is 11.8. The predicted octanol–water partition coefficient (Wildman–Crippen LogP) is 5.40. The molecule has 0 bridgehead atoms. The summed E-state index contributed by atoms with van der Waals surface area (Å²) in [6.07, 6.45) is 0.883. The number of carbonyl (C=O) groups excluding carboxylic acids is 1. The Morgan fingerprint density at radius 2 is 1.94 bits per heavy atom. The zero-order valence-corrected chi connectivity index (χ0v) is 18.9. The maximum Gasteiger partial charge on any atom is 0.297 e. The third kappa shape index (κ3) is 3.20. The molecule has 0 aliphatic carbocycles. The van der Waals surface area contributed by atoms with E-state index in [1.807, 2.05) is 45.0 Å². The van der Waals surface area contributed by atoms with Gasteiger partial charge in [0.2, 0.25) is 5.76 Å². The number of para-hydroxylation sites is 1. The van der Waals surface area contributed by atoms with Crippen LogP contribution in [-0.2, 0) is 0 Å². The number of anilines is 1. The minimum atomic E-state index is -0.645. The highest BCUT2D eigenvalue weighted by molar-refractivity contribution is 7.15. The molecule has 1 aliphatic rings. The van der Waals surface area contributed by atoms with Crippen molar-refractivity contribution in [1.29, 1.82) is 0 Å². The number of hydrogen-bond donors (Lipinski definition) is 0. The highest BCUT2D eigenvalue weighted by Crippen LogP contribution is 2.43. The molecule has 0 spiro atoms. The SMILES string of the molecule is CCCOc1cccc([C@H]2c3c(oc4ccccc4c3=O)C(=O)N2c2nc(C)c(C)s2)c1. The van der Waals surface area contributed by atoms with E-state index in [1.54, 1.807) is 29.2 Å². The Kier molecular flexibility index (Phi) is 5.06. The second kappa shape index (κ2) is 7.91. The van der Waals surface area contributed by atoms with Gasteiger partial charge in [-0.2, -0.15) is 0 Å². The Morgan fingerprint density at radius 3 is 2.69 bits per heavy atom. The molecule has 0 radical (unpaired) electrons. The average molecular weight is 447 g/mol. The number of thiazole rings is 1. The standard InChI is InChI=1S/C25H22N2O4S/c1-4-12-30-17-9-7-8-16(13-17)21-20-22(28)18-10-5-6-11-19(18)31-23(20)24(29)27(21)25-26-14(2)15(3)32-25/h5-11,13,21H,4,12H2,1-3H3/t21-/m0/s1. The molecular weight excluding hydrogens is 424 g/mol. The van der Waals surface area contributed by atoms with Crippen LogP contribution in [0.1, 0.15) is 51.6 Å². The van der Waals surface area contributed by atoms with Crippen LogP contribution in [0.5, 0.6) is 5.75 Å². The van der Waals surface area contributed by atoms with Crippen molar-refractivity contribution in [2.24, 2.45) is 0 Å². The van der Waals surface area contributed by atoms with Crippen LogP contribution in [0.15, 0.2) is 57.7 Å². The van der Waals surface area contributed by atoms with Gasteiger partial charge in [0.15, 0.2) is 10.6 Å².